The van der Waals surface area contributed by atoms with Gasteiger partial charge in [-0.3, -0.25) is 9.78 Å². The monoisotopic (exact) mass is 515 g/mol. The molecule has 0 atom stereocenters. The average Bonchev–Trinajstić information content (AvgIpc) is 3.45. The summed E-state index contributed by atoms with van der Waals surface area (Å²) in [5, 5.41) is 18.3. The molecule has 0 amide bonds. The van der Waals surface area contributed by atoms with E-state index in [1.165, 1.54) is 18.2 Å². The molecule has 2 aromatic carbocycles. The molecule has 2 heterocycles. The Morgan fingerprint density at radius 1 is 0.892 bits per heavy atom. The second-order valence-electron chi connectivity index (χ2n) is 9.12. The van der Waals surface area contributed by atoms with Crippen molar-refractivity contribution in [1.29, 1.82) is 5.26 Å². The van der Waals surface area contributed by atoms with Gasteiger partial charge in [0.25, 0.3) is 0 Å². The van der Waals surface area contributed by atoms with Crippen LogP contribution < -0.4 is 0 Å². The Bertz CT molecular complexity index is 1420. The molecule has 0 aliphatic rings. The molecule has 0 radical (unpaired) electrons. The van der Waals surface area contributed by atoms with Gasteiger partial charge in [0.1, 0.15) is 23.4 Å². The van der Waals surface area contributed by atoms with Crippen LogP contribution in [-0.4, -0.2) is 20.0 Å². The van der Waals surface area contributed by atoms with Gasteiger partial charge in [-0.2, -0.15) is 28.6 Å². The minimum atomic E-state index is -4.54. The summed E-state index contributed by atoms with van der Waals surface area (Å²) in [6, 6.07) is 11.2. The van der Waals surface area contributed by atoms with Crippen LogP contribution in [0.25, 0.3) is 22.3 Å². The Morgan fingerprint density at radius 2 is 1.41 bits per heavy atom. The Morgan fingerprint density at radius 3 is 1.84 bits per heavy atom. The van der Waals surface area contributed by atoms with Gasteiger partial charge in [0, 0.05) is 24.4 Å². The van der Waals surface area contributed by atoms with Crippen LogP contribution in [0, 0.1) is 23.0 Å². The van der Waals surface area contributed by atoms with E-state index in [1.54, 1.807) is 24.0 Å². The molecule has 10 heteroatoms. The Kier molecular flexibility index (Phi) is 8.16. The predicted molar refractivity (Wildman–Crippen MR) is 130 cm³/mol. The number of aromatic amines is 1. The van der Waals surface area contributed by atoms with E-state index in [9.17, 15) is 22.0 Å². The SMILES string of the molecule is CC(C)c1ccc(-c2cn(C)nc2C#N)cc1F.CC(C)c1ccc(-c2cn[nH]c2C(F)(F)F)cc1F. The summed E-state index contributed by atoms with van der Waals surface area (Å²) in [6.45, 7) is 7.53. The zero-order valence-corrected chi connectivity index (χ0v) is 21.0. The number of benzene rings is 2. The van der Waals surface area contributed by atoms with Gasteiger partial charge in [0.15, 0.2) is 5.69 Å². The first kappa shape index (κ1) is 27.6. The molecular formula is C27H26F5N5. The van der Waals surface area contributed by atoms with E-state index in [-0.39, 0.29) is 28.8 Å². The smallest absolute Gasteiger partial charge is 0.274 e. The van der Waals surface area contributed by atoms with E-state index in [4.69, 9.17) is 5.26 Å². The summed E-state index contributed by atoms with van der Waals surface area (Å²) in [6.07, 6.45) is -1.77. The van der Waals surface area contributed by atoms with Crippen LogP contribution in [-0.2, 0) is 13.2 Å². The lowest BCUT2D eigenvalue weighted by Crippen LogP contribution is -2.07. The lowest BCUT2D eigenvalue weighted by Gasteiger charge is -2.10. The minimum Gasteiger partial charge on any atom is -0.274 e. The number of H-pyrrole nitrogens is 1. The highest BCUT2D eigenvalue weighted by Crippen LogP contribution is 2.36. The molecule has 0 saturated carbocycles. The van der Waals surface area contributed by atoms with E-state index in [0.29, 0.717) is 27.9 Å². The molecule has 0 bridgehead atoms. The highest BCUT2D eigenvalue weighted by Gasteiger charge is 2.36. The van der Waals surface area contributed by atoms with E-state index in [1.807, 2.05) is 44.9 Å². The summed E-state index contributed by atoms with van der Waals surface area (Å²) < 4.78 is 67.4. The van der Waals surface area contributed by atoms with Gasteiger partial charge in [-0.15, -0.1) is 0 Å². The van der Waals surface area contributed by atoms with Crippen molar-refractivity contribution in [3.8, 4) is 28.3 Å². The minimum absolute atomic E-state index is 0.0273. The fourth-order valence-electron chi connectivity index (χ4n) is 3.83. The maximum atomic E-state index is 13.9. The average molecular weight is 516 g/mol. The number of rotatable bonds is 4. The van der Waals surface area contributed by atoms with Crippen molar-refractivity contribution >= 4 is 0 Å². The van der Waals surface area contributed by atoms with Gasteiger partial charge in [-0.25, -0.2) is 8.78 Å². The van der Waals surface area contributed by atoms with Crippen LogP contribution in [0.1, 0.15) is 62.0 Å². The largest absolute Gasteiger partial charge is 0.433 e. The molecule has 0 spiro atoms. The molecule has 4 rings (SSSR count). The lowest BCUT2D eigenvalue weighted by molar-refractivity contribution is -0.140. The first-order valence-corrected chi connectivity index (χ1v) is 11.5. The molecule has 37 heavy (non-hydrogen) atoms. The van der Waals surface area contributed by atoms with Gasteiger partial charge in [0.05, 0.1) is 6.20 Å². The van der Waals surface area contributed by atoms with Crippen LogP contribution in [0.5, 0.6) is 0 Å². The molecule has 194 valence electrons. The molecule has 0 unspecified atom stereocenters. The normalized spacial score (nSPS) is 11.4. The molecule has 4 aromatic rings. The van der Waals surface area contributed by atoms with Crippen molar-refractivity contribution in [2.45, 2.75) is 45.7 Å². The molecule has 1 N–H and O–H groups in total. The summed E-state index contributed by atoms with van der Waals surface area (Å²) in [4.78, 5) is 0. The first-order chi connectivity index (χ1) is 17.3. The zero-order chi connectivity index (χ0) is 27.5. The third-order valence-corrected chi connectivity index (χ3v) is 5.72. The Labute approximate surface area is 211 Å². The van der Waals surface area contributed by atoms with Crippen molar-refractivity contribution in [1.82, 2.24) is 20.0 Å². The number of hydrogen-bond acceptors (Lipinski definition) is 3. The molecule has 0 saturated heterocycles. The van der Waals surface area contributed by atoms with Gasteiger partial charge in [0.2, 0.25) is 0 Å². The fraction of sp³-hybridized carbons (Fsp3) is 0.296. The Hall–Kier alpha value is -4.00. The number of hydrogen-bond donors (Lipinski definition) is 1. The lowest BCUT2D eigenvalue weighted by atomic mass is 9.98. The van der Waals surface area contributed by atoms with Crippen LogP contribution in [0.15, 0.2) is 48.8 Å². The summed E-state index contributed by atoms with van der Waals surface area (Å²) in [5.74, 6) is -0.638. The van der Waals surface area contributed by atoms with Crippen molar-refractivity contribution in [3.05, 3.63) is 82.9 Å². The number of aryl methyl sites for hydroxylation is 1. The molecule has 2 aromatic heterocycles. The van der Waals surface area contributed by atoms with E-state index in [0.717, 1.165) is 12.3 Å². The van der Waals surface area contributed by atoms with Crippen LogP contribution in [0.3, 0.4) is 0 Å². The zero-order valence-electron chi connectivity index (χ0n) is 21.0. The van der Waals surface area contributed by atoms with E-state index < -0.39 is 17.7 Å². The Balaban J connectivity index is 0.000000206. The highest BCUT2D eigenvalue weighted by atomic mass is 19.4. The van der Waals surface area contributed by atoms with Crippen molar-refractivity contribution < 1.29 is 22.0 Å². The van der Waals surface area contributed by atoms with Gasteiger partial charge < -0.3 is 0 Å². The van der Waals surface area contributed by atoms with Crippen molar-refractivity contribution in [2.24, 2.45) is 7.05 Å². The van der Waals surface area contributed by atoms with Crippen LogP contribution in [0.2, 0.25) is 0 Å². The van der Waals surface area contributed by atoms with Gasteiger partial charge >= 0.3 is 6.18 Å². The first-order valence-electron chi connectivity index (χ1n) is 11.5. The highest BCUT2D eigenvalue weighted by molar-refractivity contribution is 5.68. The number of halogens is 5. The molecular weight excluding hydrogens is 489 g/mol. The number of aromatic nitrogens is 4. The standard InChI is InChI=1S/C14H14FN3.C13H12F4N2/c1-9(2)11-5-4-10(6-13(11)15)12-8-18(3)17-14(12)7-16;1-7(2)9-4-3-8(5-11(9)14)10-6-18-19-12(10)13(15,16)17/h4-6,8-9H,1-3H3;3-7H,1-2H3,(H,18,19). The second-order valence-corrected chi connectivity index (χ2v) is 9.12. The maximum absolute atomic E-state index is 13.9. The molecule has 5 nitrogen and oxygen atoms in total. The molecule has 0 fully saturated rings. The van der Waals surface area contributed by atoms with Gasteiger partial charge in [-0.05, 0) is 46.2 Å². The number of nitriles is 1. The van der Waals surface area contributed by atoms with E-state index in [2.05, 4.69) is 10.2 Å². The summed E-state index contributed by atoms with van der Waals surface area (Å²) >= 11 is 0. The van der Waals surface area contributed by atoms with Gasteiger partial charge in [-0.1, -0.05) is 52.0 Å². The predicted octanol–water partition coefficient (Wildman–Crippen LogP) is 7.58. The summed E-state index contributed by atoms with van der Waals surface area (Å²) in [7, 11) is 1.74. The van der Waals surface area contributed by atoms with Crippen molar-refractivity contribution in [2.75, 3.05) is 0 Å². The van der Waals surface area contributed by atoms with Crippen LogP contribution >= 0.6 is 0 Å². The van der Waals surface area contributed by atoms with E-state index >= 15 is 0 Å². The number of nitrogens with zero attached hydrogens (tertiary/aromatic N) is 4. The number of alkyl halides is 3. The maximum Gasteiger partial charge on any atom is 0.433 e. The fourth-order valence-corrected chi connectivity index (χ4v) is 3.83. The topological polar surface area (TPSA) is 70.3 Å². The number of nitrogens with one attached hydrogen (secondary N) is 1. The van der Waals surface area contributed by atoms with Crippen LogP contribution in [0.4, 0.5) is 22.0 Å². The quantitative estimate of drug-likeness (QED) is 0.285. The third kappa shape index (κ3) is 6.23. The van der Waals surface area contributed by atoms with Crippen molar-refractivity contribution in [3.63, 3.8) is 0 Å². The summed E-state index contributed by atoms with van der Waals surface area (Å²) in [5.41, 5.74) is 1.85. The third-order valence-electron chi connectivity index (χ3n) is 5.72. The second kappa shape index (κ2) is 10.9. The molecule has 0 aliphatic heterocycles. The molecule has 0 aliphatic carbocycles.